The van der Waals surface area contributed by atoms with E-state index >= 15 is 0 Å². The van der Waals surface area contributed by atoms with Crippen LogP contribution in [0.4, 0.5) is 11.4 Å². The molecule has 0 fully saturated rings. The summed E-state index contributed by atoms with van der Waals surface area (Å²) in [4.78, 5) is 6.88. The Hall–Kier alpha value is -2.59. The molecule has 1 heterocycles. The number of benzene rings is 2. The normalized spacial score (nSPS) is 11.2. The lowest BCUT2D eigenvalue weighted by Gasteiger charge is -2.20. The first kappa shape index (κ1) is 18.2. The Morgan fingerprint density at radius 3 is 2.31 bits per heavy atom. The van der Waals surface area contributed by atoms with Crippen molar-refractivity contribution in [2.75, 3.05) is 18.0 Å². The van der Waals surface area contributed by atoms with Crippen LogP contribution in [0.25, 0.3) is 5.69 Å². The first-order valence-electron chi connectivity index (χ1n) is 8.83. The first-order chi connectivity index (χ1) is 12.6. The van der Waals surface area contributed by atoms with E-state index in [-0.39, 0.29) is 0 Å². The fourth-order valence-corrected chi connectivity index (χ4v) is 3.20. The summed E-state index contributed by atoms with van der Waals surface area (Å²) in [5.74, 6) is 0. The molecule has 0 aliphatic heterocycles. The van der Waals surface area contributed by atoms with Crippen LogP contribution < -0.4 is 4.90 Å². The highest BCUT2D eigenvalue weighted by molar-refractivity contribution is 6.32. The third kappa shape index (κ3) is 3.81. The third-order valence-corrected chi connectivity index (χ3v) is 4.73. The van der Waals surface area contributed by atoms with Crippen molar-refractivity contribution in [3.8, 4) is 5.69 Å². The van der Waals surface area contributed by atoms with Gasteiger partial charge in [-0.15, -0.1) is 0 Å². The van der Waals surface area contributed by atoms with E-state index in [0.29, 0.717) is 5.15 Å². The van der Waals surface area contributed by atoms with Crippen molar-refractivity contribution in [2.45, 2.75) is 20.8 Å². The van der Waals surface area contributed by atoms with Gasteiger partial charge in [-0.1, -0.05) is 29.8 Å². The predicted octanol–water partition coefficient (Wildman–Crippen LogP) is 5.43. The Labute approximate surface area is 159 Å². The second-order valence-corrected chi connectivity index (χ2v) is 6.34. The van der Waals surface area contributed by atoms with Crippen LogP contribution in [0.15, 0.2) is 59.6 Å². The third-order valence-electron chi connectivity index (χ3n) is 4.37. The number of nitrogens with zero attached hydrogens (tertiary/aromatic N) is 4. The summed E-state index contributed by atoms with van der Waals surface area (Å²) in [7, 11) is 0. The number of halogens is 1. The van der Waals surface area contributed by atoms with E-state index in [2.05, 4.69) is 41.0 Å². The smallest absolute Gasteiger partial charge is 0.141 e. The molecule has 0 N–H and O–H groups in total. The molecule has 2 aromatic carbocycles. The molecule has 3 rings (SSSR count). The van der Waals surface area contributed by atoms with Gasteiger partial charge in [-0.25, -0.2) is 4.68 Å². The zero-order valence-corrected chi connectivity index (χ0v) is 16.1. The van der Waals surface area contributed by atoms with Gasteiger partial charge in [-0.3, -0.25) is 4.99 Å². The molecular formula is C21H23ClN4. The Morgan fingerprint density at radius 1 is 1.04 bits per heavy atom. The van der Waals surface area contributed by atoms with E-state index in [9.17, 15) is 0 Å². The number of aryl methyl sites for hydroxylation is 1. The van der Waals surface area contributed by atoms with Crippen molar-refractivity contribution in [3.63, 3.8) is 0 Å². The van der Waals surface area contributed by atoms with Crippen LogP contribution in [-0.4, -0.2) is 29.1 Å². The molecule has 3 aromatic rings. The van der Waals surface area contributed by atoms with Gasteiger partial charge in [0, 0.05) is 25.0 Å². The quantitative estimate of drug-likeness (QED) is 0.545. The monoisotopic (exact) mass is 366 g/mol. The number of aromatic nitrogens is 2. The molecule has 0 amide bonds. The van der Waals surface area contributed by atoms with Gasteiger partial charge in [0.05, 0.1) is 22.6 Å². The van der Waals surface area contributed by atoms with Gasteiger partial charge in [0.25, 0.3) is 0 Å². The predicted molar refractivity (Wildman–Crippen MR) is 111 cm³/mol. The number of anilines is 1. The van der Waals surface area contributed by atoms with Gasteiger partial charge in [-0.05, 0) is 57.2 Å². The lowest BCUT2D eigenvalue weighted by atomic mass is 10.2. The van der Waals surface area contributed by atoms with Gasteiger partial charge >= 0.3 is 0 Å². The lowest BCUT2D eigenvalue weighted by Crippen LogP contribution is -2.21. The number of para-hydroxylation sites is 1. The highest BCUT2D eigenvalue weighted by atomic mass is 35.5. The average Bonchev–Trinajstić information content (AvgIpc) is 2.97. The summed E-state index contributed by atoms with van der Waals surface area (Å²) >= 11 is 6.54. The maximum atomic E-state index is 6.54. The second kappa shape index (κ2) is 8.19. The fraction of sp³-hybridized carbons (Fsp3) is 0.238. The average molecular weight is 367 g/mol. The highest BCUT2D eigenvalue weighted by Gasteiger charge is 2.12. The highest BCUT2D eigenvalue weighted by Crippen LogP contribution is 2.24. The Kier molecular flexibility index (Phi) is 5.74. The molecule has 0 saturated carbocycles. The van der Waals surface area contributed by atoms with E-state index in [1.165, 1.54) is 5.69 Å². The van der Waals surface area contributed by atoms with Crippen LogP contribution in [0.1, 0.15) is 25.1 Å². The van der Waals surface area contributed by atoms with Crippen molar-refractivity contribution in [2.24, 2.45) is 4.99 Å². The molecule has 4 nitrogen and oxygen atoms in total. The largest absolute Gasteiger partial charge is 0.372 e. The van der Waals surface area contributed by atoms with Crippen molar-refractivity contribution in [3.05, 3.63) is 71.0 Å². The molecule has 0 unspecified atom stereocenters. The fourth-order valence-electron chi connectivity index (χ4n) is 2.88. The van der Waals surface area contributed by atoms with E-state index < -0.39 is 0 Å². The standard InChI is InChI=1S/C21H23ClN4/c1-4-25(5-2)18-13-11-17(12-14-18)23-15-20-16(3)24-26(21(20)22)19-9-7-6-8-10-19/h6-15H,4-5H2,1-3H3. The minimum atomic E-state index is 0.567. The molecule has 0 aliphatic rings. The molecule has 0 saturated heterocycles. The van der Waals surface area contributed by atoms with Gasteiger partial charge in [0.15, 0.2) is 0 Å². The van der Waals surface area contributed by atoms with Crippen LogP contribution in [0.3, 0.4) is 0 Å². The van der Waals surface area contributed by atoms with E-state index in [1.807, 2.05) is 49.4 Å². The van der Waals surface area contributed by atoms with E-state index in [0.717, 1.165) is 35.7 Å². The Morgan fingerprint density at radius 2 is 1.69 bits per heavy atom. The second-order valence-electron chi connectivity index (χ2n) is 5.98. The topological polar surface area (TPSA) is 33.4 Å². The molecule has 26 heavy (non-hydrogen) atoms. The van der Waals surface area contributed by atoms with Crippen molar-refractivity contribution in [1.29, 1.82) is 0 Å². The minimum absolute atomic E-state index is 0.567. The summed E-state index contributed by atoms with van der Waals surface area (Å²) in [5.41, 5.74) is 4.72. The molecule has 0 spiro atoms. The van der Waals surface area contributed by atoms with Crippen molar-refractivity contribution < 1.29 is 0 Å². The van der Waals surface area contributed by atoms with Gasteiger partial charge in [0.2, 0.25) is 0 Å². The zero-order valence-electron chi connectivity index (χ0n) is 15.4. The molecule has 0 atom stereocenters. The molecule has 5 heteroatoms. The SMILES string of the molecule is CCN(CC)c1ccc(N=Cc2c(C)nn(-c3ccccc3)c2Cl)cc1. The number of rotatable bonds is 6. The molecular weight excluding hydrogens is 344 g/mol. The number of hydrogen-bond acceptors (Lipinski definition) is 3. The van der Waals surface area contributed by atoms with E-state index in [4.69, 9.17) is 11.6 Å². The summed E-state index contributed by atoms with van der Waals surface area (Å²) in [6.45, 7) is 8.24. The molecule has 1 aromatic heterocycles. The van der Waals surface area contributed by atoms with Crippen molar-refractivity contribution in [1.82, 2.24) is 9.78 Å². The van der Waals surface area contributed by atoms with Crippen LogP contribution in [0.2, 0.25) is 5.15 Å². The molecule has 0 bridgehead atoms. The van der Waals surface area contributed by atoms with Crippen LogP contribution in [0, 0.1) is 6.92 Å². The lowest BCUT2D eigenvalue weighted by molar-refractivity contribution is 0.863. The van der Waals surface area contributed by atoms with Gasteiger partial charge in [-0.2, -0.15) is 5.10 Å². The maximum Gasteiger partial charge on any atom is 0.141 e. The summed E-state index contributed by atoms with van der Waals surface area (Å²) in [5, 5.41) is 5.11. The van der Waals surface area contributed by atoms with Gasteiger partial charge in [0.1, 0.15) is 5.15 Å². The maximum absolute atomic E-state index is 6.54. The zero-order chi connectivity index (χ0) is 18.5. The van der Waals surface area contributed by atoms with E-state index in [1.54, 1.807) is 10.9 Å². The summed E-state index contributed by atoms with van der Waals surface area (Å²) in [6, 6.07) is 18.1. The first-order valence-corrected chi connectivity index (χ1v) is 9.21. The number of hydrogen-bond donors (Lipinski definition) is 0. The molecule has 0 aliphatic carbocycles. The summed E-state index contributed by atoms with van der Waals surface area (Å²) in [6.07, 6.45) is 1.79. The Bertz CT molecular complexity index is 878. The van der Waals surface area contributed by atoms with Gasteiger partial charge < -0.3 is 4.90 Å². The Balaban J connectivity index is 1.84. The number of aliphatic imine (C=N–C) groups is 1. The minimum Gasteiger partial charge on any atom is -0.372 e. The van der Waals surface area contributed by atoms with Crippen LogP contribution in [0.5, 0.6) is 0 Å². The van der Waals surface area contributed by atoms with Crippen LogP contribution >= 0.6 is 11.6 Å². The summed E-state index contributed by atoms with van der Waals surface area (Å²) < 4.78 is 1.74. The van der Waals surface area contributed by atoms with Crippen molar-refractivity contribution >= 4 is 29.2 Å². The molecule has 0 radical (unpaired) electrons. The van der Waals surface area contributed by atoms with Crippen LogP contribution in [-0.2, 0) is 0 Å². The molecule has 134 valence electrons.